The van der Waals surface area contributed by atoms with Crippen LogP contribution in [-0.2, 0) is 16.6 Å². The Hall–Kier alpha value is -3.91. The van der Waals surface area contributed by atoms with E-state index in [0.29, 0.717) is 16.8 Å². The van der Waals surface area contributed by atoms with Crippen LogP contribution >= 0.6 is 0 Å². The summed E-state index contributed by atoms with van der Waals surface area (Å²) >= 11 is 0. The fourth-order valence-electron chi connectivity index (χ4n) is 3.85. The van der Waals surface area contributed by atoms with Gasteiger partial charge in [0.1, 0.15) is 27.6 Å². The first kappa shape index (κ1) is 25.7. The predicted molar refractivity (Wildman–Crippen MR) is 129 cm³/mol. The molecule has 0 radical (unpaired) electrons. The van der Waals surface area contributed by atoms with Gasteiger partial charge in [0.25, 0.3) is 0 Å². The van der Waals surface area contributed by atoms with Crippen molar-refractivity contribution in [3.8, 4) is 11.3 Å². The van der Waals surface area contributed by atoms with E-state index in [0.717, 1.165) is 12.1 Å². The number of nitrogens with zero attached hydrogens (tertiary/aromatic N) is 3. The topological polar surface area (TPSA) is 123 Å². The van der Waals surface area contributed by atoms with Crippen LogP contribution in [0.3, 0.4) is 0 Å². The summed E-state index contributed by atoms with van der Waals surface area (Å²) in [5.74, 6) is -1.71. The molecule has 0 amide bonds. The van der Waals surface area contributed by atoms with E-state index in [-0.39, 0.29) is 42.2 Å². The Kier molecular flexibility index (Phi) is 6.18. The third kappa shape index (κ3) is 5.09. The Morgan fingerprint density at radius 3 is 2.29 bits per heavy atom. The third-order valence-electron chi connectivity index (χ3n) is 6.09. The lowest BCUT2D eigenvalue weighted by Gasteiger charge is -2.22. The summed E-state index contributed by atoms with van der Waals surface area (Å²) in [7, 11) is -4.31. The van der Waals surface area contributed by atoms with Crippen LogP contribution in [0.2, 0.25) is 0 Å². The molecule has 2 aromatic carbocycles. The highest BCUT2D eigenvalue weighted by Crippen LogP contribution is 2.51. The molecule has 1 aliphatic rings. The zero-order valence-electron chi connectivity index (χ0n) is 19.4. The first-order chi connectivity index (χ1) is 17.8. The van der Waals surface area contributed by atoms with Gasteiger partial charge in [-0.3, -0.25) is 0 Å². The van der Waals surface area contributed by atoms with E-state index >= 15 is 0 Å². The fourth-order valence-corrected chi connectivity index (χ4v) is 4.51. The lowest BCUT2D eigenvalue weighted by molar-refractivity contribution is -0.151. The number of halogens is 5. The van der Waals surface area contributed by atoms with Crippen molar-refractivity contribution in [2.24, 2.45) is 5.14 Å². The predicted octanol–water partition coefficient (Wildman–Crippen LogP) is 4.74. The zero-order chi connectivity index (χ0) is 27.3. The second-order valence-electron chi connectivity index (χ2n) is 8.84. The molecular weight excluding hydrogens is 531 g/mol. The van der Waals surface area contributed by atoms with Crippen LogP contribution in [0.15, 0.2) is 59.5 Å². The maximum absolute atomic E-state index is 13.9. The number of rotatable bonds is 7. The molecule has 0 spiro atoms. The Morgan fingerprint density at radius 1 is 0.947 bits per heavy atom. The number of nitrogens with two attached hydrogens (primary N) is 1. The van der Waals surface area contributed by atoms with Crippen molar-refractivity contribution in [3.63, 3.8) is 0 Å². The Morgan fingerprint density at radius 2 is 1.66 bits per heavy atom. The van der Waals surface area contributed by atoms with Crippen LogP contribution in [0.4, 0.5) is 33.7 Å². The van der Waals surface area contributed by atoms with E-state index in [1.165, 1.54) is 30.3 Å². The summed E-state index contributed by atoms with van der Waals surface area (Å²) in [4.78, 5) is 12.3. The monoisotopic (exact) mass is 550 g/mol. The van der Waals surface area contributed by atoms with Crippen molar-refractivity contribution in [2.45, 2.75) is 36.0 Å². The maximum Gasteiger partial charge on any atom is 0.411 e. The van der Waals surface area contributed by atoms with E-state index in [1.54, 1.807) is 12.1 Å². The van der Waals surface area contributed by atoms with Gasteiger partial charge in [-0.2, -0.15) is 18.2 Å². The van der Waals surface area contributed by atoms with Gasteiger partial charge in [-0.25, -0.2) is 32.3 Å². The number of benzene rings is 2. The molecule has 8 nitrogen and oxygen atoms in total. The number of nitrogens with one attached hydrogen (secondary N) is 2. The summed E-state index contributed by atoms with van der Waals surface area (Å²) in [5.41, 5.74) is -0.624. The van der Waals surface area contributed by atoms with Gasteiger partial charge >= 0.3 is 6.18 Å². The molecule has 4 aromatic rings. The molecule has 5 rings (SSSR count). The number of alkyl halides is 3. The van der Waals surface area contributed by atoms with Gasteiger partial charge in [0.05, 0.1) is 11.2 Å². The van der Waals surface area contributed by atoms with E-state index in [4.69, 9.17) is 5.14 Å². The van der Waals surface area contributed by atoms with Crippen molar-refractivity contribution in [2.75, 3.05) is 10.6 Å². The number of aromatic nitrogens is 3. The van der Waals surface area contributed by atoms with Crippen molar-refractivity contribution in [1.82, 2.24) is 15.0 Å². The number of hydrogen-bond donors (Lipinski definition) is 3. The quantitative estimate of drug-likeness (QED) is 0.284. The number of hydrogen-bond acceptors (Lipinski definition) is 7. The summed E-state index contributed by atoms with van der Waals surface area (Å²) in [6.07, 6.45) is -4.83. The fraction of sp³-hybridized carbons (Fsp3) is 0.208. The smallest absolute Gasteiger partial charge is 0.354 e. The highest BCUT2D eigenvalue weighted by Gasteiger charge is 2.64. The molecule has 1 aliphatic carbocycles. The van der Waals surface area contributed by atoms with Crippen LogP contribution in [0.5, 0.6) is 0 Å². The number of fused-ring (bicyclic) bond motifs is 1. The second kappa shape index (κ2) is 9.13. The standard InChI is InChI=1S/C24H19F5N6O2S/c25-15-4-2-14(3-5-15)17-7-8-18-20(32-17)21(35-23(9-10-23)24(27,28)29)34-22(33-18)31-12-13-1-6-16(26)19(11-13)38(30,36)37/h1-8,11H,9-10,12H2,(H2,30,36,37)(H2,31,33,34,35). The average molecular weight is 551 g/mol. The summed E-state index contributed by atoms with van der Waals surface area (Å²) in [6, 6.07) is 11.9. The summed E-state index contributed by atoms with van der Waals surface area (Å²) in [5, 5.41) is 10.3. The second-order valence-corrected chi connectivity index (χ2v) is 10.4. The molecule has 14 heteroatoms. The van der Waals surface area contributed by atoms with Crippen molar-refractivity contribution >= 4 is 32.8 Å². The average Bonchev–Trinajstić information content (AvgIpc) is 3.64. The molecule has 0 atom stereocenters. The van der Waals surface area contributed by atoms with Crippen LogP contribution in [0.25, 0.3) is 22.3 Å². The first-order valence-corrected chi connectivity index (χ1v) is 12.7. The minimum atomic E-state index is -4.54. The molecule has 38 heavy (non-hydrogen) atoms. The normalized spacial score (nSPS) is 14.9. The number of primary sulfonamides is 1. The number of pyridine rings is 1. The molecule has 0 aliphatic heterocycles. The Bertz CT molecular complexity index is 1640. The summed E-state index contributed by atoms with van der Waals surface area (Å²) < 4.78 is 91.6. The molecule has 0 unspecified atom stereocenters. The lowest BCUT2D eigenvalue weighted by Crippen LogP contribution is -2.39. The van der Waals surface area contributed by atoms with E-state index in [2.05, 4.69) is 25.6 Å². The minimum absolute atomic E-state index is 0.0733. The van der Waals surface area contributed by atoms with Gasteiger partial charge in [-0.15, -0.1) is 0 Å². The third-order valence-corrected chi connectivity index (χ3v) is 7.01. The molecule has 0 bridgehead atoms. The highest BCUT2D eigenvalue weighted by atomic mass is 32.2. The highest BCUT2D eigenvalue weighted by molar-refractivity contribution is 7.89. The molecule has 1 saturated carbocycles. The van der Waals surface area contributed by atoms with Crippen LogP contribution in [0.1, 0.15) is 18.4 Å². The van der Waals surface area contributed by atoms with Gasteiger partial charge < -0.3 is 10.6 Å². The molecule has 0 saturated heterocycles. The number of anilines is 2. The summed E-state index contributed by atoms with van der Waals surface area (Å²) in [6.45, 7) is -0.0841. The van der Waals surface area contributed by atoms with E-state index in [9.17, 15) is 30.4 Å². The van der Waals surface area contributed by atoms with Gasteiger partial charge in [0, 0.05) is 12.1 Å². The van der Waals surface area contributed by atoms with Gasteiger partial charge in [-0.05, 0) is 66.9 Å². The Labute approximate surface area is 213 Å². The molecule has 2 heterocycles. The van der Waals surface area contributed by atoms with E-state index < -0.39 is 38.3 Å². The van der Waals surface area contributed by atoms with Crippen LogP contribution in [0, 0.1) is 11.6 Å². The maximum atomic E-state index is 13.9. The van der Waals surface area contributed by atoms with Crippen molar-refractivity contribution in [3.05, 3.63) is 71.8 Å². The molecular formula is C24H19F5N6O2S. The molecule has 198 valence electrons. The Balaban J connectivity index is 1.52. The lowest BCUT2D eigenvalue weighted by atomic mass is 10.1. The van der Waals surface area contributed by atoms with E-state index in [1.807, 2.05) is 0 Å². The number of sulfonamides is 1. The van der Waals surface area contributed by atoms with Crippen LogP contribution < -0.4 is 15.8 Å². The molecule has 2 aromatic heterocycles. The van der Waals surface area contributed by atoms with Crippen molar-refractivity contribution < 1.29 is 30.4 Å². The van der Waals surface area contributed by atoms with Gasteiger partial charge in [0.2, 0.25) is 16.0 Å². The largest absolute Gasteiger partial charge is 0.411 e. The molecule has 4 N–H and O–H groups in total. The zero-order valence-corrected chi connectivity index (χ0v) is 20.2. The van der Waals surface area contributed by atoms with Crippen LogP contribution in [-0.4, -0.2) is 35.1 Å². The first-order valence-electron chi connectivity index (χ1n) is 11.2. The SMILES string of the molecule is NS(=O)(=O)c1cc(CNc2nc(NC3(C(F)(F)F)CC3)c3nc(-c4ccc(F)cc4)ccc3n2)ccc1F. The van der Waals surface area contributed by atoms with Gasteiger partial charge in [0.15, 0.2) is 5.82 Å². The van der Waals surface area contributed by atoms with Crippen molar-refractivity contribution in [1.29, 1.82) is 0 Å². The minimum Gasteiger partial charge on any atom is -0.354 e. The molecule has 1 fully saturated rings. The van der Waals surface area contributed by atoms with Gasteiger partial charge in [-0.1, -0.05) is 6.07 Å².